The van der Waals surface area contributed by atoms with Crippen molar-refractivity contribution in [2.75, 3.05) is 0 Å². The molecule has 2 heterocycles. The second kappa shape index (κ2) is 7.36. The number of hydrogen-bond donors (Lipinski definition) is 2. The molecule has 0 radical (unpaired) electrons. The number of nitrogens with zero attached hydrogens (tertiary/aromatic N) is 3. The molecule has 0 unspecified atom stereocenters. The Balaban J connectivity index is 2.19. The standard InChI is InChI=1S/C17H15ClN4O3S/c1-9-20-21-14(8-19)22(9)17-12(6-10(26-17)7-15(23)24)16(25)11-4-2-3-5-13(11)18/h2-6H,7-8,19H2,1H3,(H,23,24). The summed E-state index contributed by atoms with van der Waals surface area (Å²) in [5.74, 6) is -0.231. The van der Waals surface area contributed by atoms with E-state index in [-0.39, 0.29) is 18.7 Å². The third-order valence-electron chi connectivity index (χ3n) is 3.73. The lowest BCUT2D eigenvalue weighted by Gasteiger charge is -2.09. The summed E-state index contributed by atoms with van der Waals surface area (Å²) in [5.41, 5.74) is 6.42. The van der Waals surface area contributed by atoms with Gasteiger partial charge in [0.05, 0.1) is 23.6 Å². The Labute approximate surface area is 158 Å². The first-order chi connectivity index (χ1) is 12.4. The van der Waals surface area contributed by atoms with E-state index in [9.17, 15) is 9.59 Å². The lowest BCUT2D eigenvalue weighted by Crippen LogP contribution is -2.11. The van der Waals surface area contributed by atoms with Crippen LogP contribution in [-0.4, -0.2) is 31.6 Å². The Hall–Kier alpha value is -2.55. The first kappa shape index (κ1) is 18.2. The zero-order chi connectivity index (χ0) is 18.8. The third-order valence-corrected chi connectivity index (χ3v) is 5.18. The van der Waals surface area contributed by atoms with Crippen molar-refractivity contribution in [2.45, 2.75) is 19.9 Å². The number of carbonyl (C=O) groups is 2. The van der Waals surface area contributed by atoms with Crippen LogP contribution in [0, 0.1) is 6.92 Å². The zero-order valence-electron chi connectivity index (χ0n) is 13.8. The highest BCUT2D eigenvalue weighted by Crippen LogP contribution is 2.32. The molecule has 0 aliphatic rings. The van der Waals surface area contributed by atoms with Gasteiger partial charge in [0.2, 0.25) is 0 Å². The van der Waals surface area contributed by atoms with Crippen molar-refractivity contribution in [3.05, 3.63) is 63.0 Å². The van der Waals surface area contributed by atoms with Gasteiger partial charge in [0.25, 0.3) is 0 Å². The molecule has 9 heteroatoms. The van der Waals surface area contributed by atoms with Crippen molar-refractivity contribution in [1.29, 1.82) is 0 Å². The molecule has 0 fully saturated rings. The number of halogens is 1. The van der Waals surface area contributed by atoms with Gasteiger partial charge in [-0.1, -0.05) is 23.7 Å². The number of rotatable bonds is 6. The van der Waals surface area contributed by atoms with Gasteiger partial charge in [-0.25, -0.2) is 0 Å². The number of carboxylic acid groups (broad SMARTS) is 1. The van der Waals surface area contributed by atoms with Gasteiger partial charge < -0.3 is 10.8 Å². The molecule has 0 saturated carbocycles. The van der Waals surface area contributed by atoms with Crippen molar-refractivity contribution in [3.63, 3.8) is 0 Å². The summed E-state index contributed by atoms with van der Waals surface area (Å²) in [7, 11) is 0. The topological polar surface area (TPSA) is 111 Å². The average molecular weight is 391 g/mol. The van der Waals surface area contributed by atoms with Crippen molar-refractivity contribution < 1.29 is 14.7 Å². The number of aryl methyl sites for hydroxylation is 1. The number of benzene rings is 1. The number of aromatic nitrogens is 3. The van der Waals surface area contributed by atoms with Crippen LogP contribution < -0.4 is 5.73 Å². The summed E-state index contributed by atoms with van der Waals surface area (Å²) < 4.78 is 1.68. The number of aliphatic carboxylic acids is 1. The first-order valence-electron chi connectivity index (χ1n) is 7.67. The second-order valence-corrected chi connectivity index (χ2v) is 7.04. The van der Waals surface area contributed by atoms with E-state index in [0.29, 0.717) is 37.7 Å². The van der Waals surface area contributed by atoms with E-state index in [1.807, 2.05) is 0 Å². The summed E-state index contributed by atoms with van der Waals surface area (Å²) in [5, 5.41) is 18.0. The molecule has 26 heavy (non-hydrogen) atoms. The molecule has 0 saturated heterocycles. The summed E-state index contributed by atoms with van der Waals surface area (Å²) in [6.45, 7) is 1.87. The Morgan fingerprint density at radius 1 is 1.27 bits per heavy atom. The second-order valence-electron chi connectivity index (χ2n) is 5.51. The third kappa shape index (κ3) is 3.39. The van der Waals surface area contributed by atoms with Crippen molar-refractivity contribution in [2.24, 2.45) is 5.73 Å². The predicted molar refractivity (Wildman–Crippen MR) is 98.1 cm³/mol. The van der Waals surface area contributed by atoms with Crippen LogP contribution in [0.3, 0.4) is 0 Å². The Morgan fingerprint density at radius 3 is 2.65 bits per heavy atom. The number of ketones is 1. The highest BCUT2D eigenvalue weighted by atomic mass is 35.5. The maximum Gasteiger partial charge on any atom is 0.308 e. The van der Waals surface area contributed by atoms with Crippen molar-refractivity contribution in [1.82, 2.24) is 14.8 Å². The zero-order valence-corrected chi connectivity index (χ0v) is 15.3. The molecule has 0 aliphatic carbocycles. The molecule has 0 amide bonds. The maximum absolute atomic E-state index is 13.1. The number of hydrogen-bond acceptors (Lipinski definition) is 6. The van der Waals surface area contributed by atoms with Gasteiger partial charge in [-0.15, -0.1) is 21.5 Å². The average Bonchev–Trinajstić information content (AvgIpc) is 3.17. The predicted octanol–water partition coefficient (Wildman–Crippen LogP) is 2.61. The van der Waals surface area contributed by atoms with E-state index in [0.717, 1.165) is 0 Å². The van der Waals surface area contributed by atoms with Crippen LogP contribution in [0.1, 0.15) is 32.4 Å². The summed E-state index contributed by atoms with van der Waals surface area (Å²) in [6, 6.07) is 8.30. The highest BCUT2D eigenvalue weighted by Gasteiger charge is 2.24. The van der Waals surface area contributed by atoms with Crippen LogP contribution in [0.5, 0.6) is 0 Å². The summed E-state index contributed by atoms with van der Waals surface area (Å²) in [6.07, 6.45) is -0.188. The minimum Gasteiger partial charge on any atom is -0.481 e. The van der Waals surface area contributed by atoms with Gasteiger partial charge >= 0.3 is 5.97 Å². The smallest absolute Gasteiger partial charge is 0.308 e. The fourth-order valence-electron chi connectivity index (χ4n) is 2.59. The molecule has 1 aromatic carbocycles. The molecule has 3 aromatic rings. The Bertz CT molecular complexity index is 996. The lowest BCUT2D eigenvalue weighted by atomic mass is 10.0. The number of carboxylic acids is 1. The van der Waals surface area contributed by atoms with Crippen LogP contribution >= 0.6 is 22.9 Å². The number of nitrogens with two attached hydrogens (primary N) is 1. The summed E-state index contributed by atoms with van der Waals surface area (Å²) in [4.78, 5) is 24.7. The molecule has 134 valence electrons. The molecule has 2 aromatic heterocycles. The van der Waals surface area contributed by atoms with E-state index in [4.69, 9.17) is 22.4 Å². The van der Waals surface area contributed by atoms with Crippen LogP contribution in [-0.2, 0) is 17.8 Å². The highest BCUT2D eigenvalue weighted by molar-refractivity contribution is 7.15. The quantitative estimate of drug-likeness (QED) is 0.626. The lowest BCUT2D eigenvalue weighted by molar-refractivity contribution is -0.136. The maximum atomic E-state index is 13.1. The SMILES string of the molecule is Cc1nnc(CN)n1-c1sc(CC(=O)O)cc1C(=O)c1ccccc1Cl. The molecule has 3 rings (SSSR count). The molecule has 0 bridgehead atoms. The fraction of sp³-hybridized carbons (Fsp3) is 0.176. The van der Waals surface area contributed by atoms with E-state index in [1.54, 1.807) is 41.8 Å². The normalized spacial score (nSPS) is 10.9. The molecule has 0 spiro atoms. The molecule has 7 nitrogen and oxygen atoms in total. The van der Waals surface area contributed by atoms with E-state index in [2.05, 4.69) is 10.2 Å². The largest absolute Gasteiger partial charge is 0.481 e. The minimum atomic E-state index is -0.978. The molecule has 0 aliphatic heterocycles. The summed E-state index contributed by atoms with van der Waals surface area (Å²) >= 11 is 7.36. The molecule has 3 N–H and O–H groups in total. The monoisotopic (exact) mass is 390 g/mol. The fourth-order valence-corrected chi connectivity index (χ4v) is 4.02. The van der Waals surface area contributed by atoms with Gasteiger partial charge in [0, 0.05) is 10.4 Å². The molecular formula is C17H15ClN4O3S. The van der Waals surface area contributed by atoms with Crippen LogP contribution in [0.25, 0.3) is 5.00 Å². The molecular weight excluding hydrogens is 376 g/mol. The van der Waals surface area contributed by atoms with Crippen LogP contribution in [0.4, 0.5) is 0 Å². The Kier molecular flexibility index (Phi) is 5.17. The van der Waals surface area contributed by atoms with Gasteiger partial charge in [-0.2, -0.15) is 0 Å². The van der Waals surface area contributed by atoms with Crippen molar-refractivity contribution in [3.8, 4) is 5.00 Å². The van der Waals surface area contributed by atoms with Crippen LogP contribution in [0.2, 0.25) is 5.02 Å². The number of thiophene rings is 1. The van der Waals surface area contributed by atoms with E-state index < -0.39 is 5.97 Å². The van der Waals surface area contributed by atoms with E-state index in [1.165, 1.54) is 11.3 Å². The van der Waals surface area contributed by atoms with Gasteiger partial charge in [-0.05, 0) is 25.1 Å². The van der Waals surface area contributed by atoms with Crippen LogP contribution in [0.15, 0.2) is 30.3 Å². The van der Waals surface area contributed by atoms with Gasteiger partial charge in [0.15, 0.2) is 11.6 Å². The van der Waals surface area contributed by atoms with Gasteiger partial charge in [0.1, 0.15) is 10.8 Å². The van der Waals surface area contributed by atoms with Gasteiger partial charge in [-0.3, -0.25) is 14.2 Å². The van der Waals surface area contributed by atoms with E-state index >= 15 is 0 Å². The first-order valence-corrected chi connectivity index (χ1v) is 8.87. The number of carbonyl (C=O) groups excluding carboxylic acids is 1. The van der Waals surface area contributed by atoms with Crippen molar-refractivity contribution >= 4 is 34.7 Å². The molecule has 0 atom stereocenters. The minimum absolute atomic E-state index is 0.132. The Morgan fingerprint density at radius 2 is 2.00 bits per heavy atom.